The highest BCUT2D eigenvalue weighted by atomic mass is 16.5. The zero-order chi connectivity index (χ0) is 21.0. The molecule has 4 heteroatoms. The summed E-state index contributed by atoms with van der Waals surface area (Å²) in [5.41, 5.74) is 3.33. The SMILES string of the molecule is CC(=O)O/C(C)=C1\CC[C@@H]2[C@H]3CC=C4C[C@@H](OC(C)=O)CC[C@]4(C)[C@@H]3CC[C@]12C. The number of fused-ring (bicyclic) bond motifs is 5. The van der Waals surface area contributed by atoms with E-state index in [4.69, 9.17) is 9.47 Å². The van der Waals surface area contributed by atoms with Gasteiger partial charge in [-0.2, -0.15) is 0 Å². The lowest BCUT2D eigenvalue weighted by Crippen LogP contribution is -2.49. The maximum absolute atomic E-state index is 11.5. The van der Waals surface area contributed by atoms with Crippen molar-refractivity contribution < 1.29 is 19.1 Å². The number of carbonyl (C=O) groups is 2. The van der Waals surface area contributed by atoms with Crippen molar-refractivity contribution in [1.29, 1.82) is 0 Å². The second kappa shape index (κ2) is 7.28. The van der Waals surface area contributed by atoms with Crippen molar-refractivity contribution in [3.8, 4) is 0 Å². The normalized spacial score (nSPS) is 42.7. The van der Waals surface area contributed by atoms with Gasteiger partial charge in [-0.25, -0.2) is 0 Å². The number of hydrogen-bond acceptors (Lipinski definition) is 4. The average molecular weight is 401 g/mol. The molecule has 4 aliphatic rings. The van der Waals surface area contributed by atoms with E-state index in [1.807, 2.05) is 6.92 Å². The standard InChI is InChI=1S/C25H36O4/c1-15(28-16(2)26)21-8-9-22-20-7-6-18-14-19(29-17(3)27)10-12-24(18,4)23(20)11-13-25(21,22)5/h6,19-20,22-23H,7-14H2,1-5H3/b21-15+/t19-,20+,22+,23+,24-,25+/m0/s1. The topological polar surface area (TPSA) is 52.6 Å². The molecule has 4 rings (SSSR count). The summed E-state index contributed by atoms with van der Waals surface area (Å²) < 4.78 is 11.1. The van der Waals surface area contributed by atoms with Crippen LogP contribution in [-0.4, -0.2) is 18.0 Å². The van der Waals surface area contributed by atoms with Crippen LogP contribution in [0.3, 0.4) is 0 Å². The number of allylic oxidation sites excluding steroid dienone is 3. The van der Waals surface area contributed by atoms with Crippen molar-refractivity contribution in [2.75, 3.05) is 0 Å². The van der Waals surface area contributed by atoms with Crippen molar-refractivity contribution in [2.24, 2.45) is 28.6 Å². The first-order valence-corrected chi connectivity index (χ1v) is 11.4. The van der Waals surface area contributed by atoms with Crippen LogP contribution in [0.25, 0.3) is 0 Å². The van der Waals surface area contributed by atoms with Crippen molar-refractivity contribution in [2.45, 2.75) is 92.1 Å². The van der Waals surface area contributed by atoms with Gasteiger partial charge in [-0.3, -0.25) is 9.59 Å². The van der Waals surface area contributed by atoms with Gasteiger partial charge < -0.3 is 9.47 Å². The van der Waals surface area contributed by atoms with Crippen molar-refractivity contribution in [1.82, 2.24) is 0 Å². The zero-order valence-electron chi connectivity index (χ0n) is 18.7. The van der Waals surface area contributed by atoms with Gasteiger partial charge in [0.05, 0.1) is 0 Å². The molecule has 0 heterocycles. The summed E-state index contributed by atoms with van der Waals surface area (Å²) in [6.07, 6.45) is 11.4. The number of esters is 2. The maximum atomic E-state index is 11.5. The fourth-order valence-electron chi connectivity index (χ4n) is 7.63. The Bertz CT molecular complexity index is 778. The molecule has 0 spiro atoms. The summed E-state index contributed by atoms with van der Waals surface area (Å²) in [7, 11) is 0. The second-order valence-electron chi connectivity index (χ2n) is 10.4. The van der Waals surface area contributed by atoms with Crippen molar-refractivity contribution in [3.63, 3.8) is 0 Å². The minimum atomic E-state index is -0.210. The molecule has 3 fully saturated rings. The molecule has 0 saturated heterocycles. The third kappa shape index (κ3) is 3.37. The Labute approximate surface area is 175 Å². The van der Waals surface area contributed by atoms with Crippen LogP contribution in [0.15, 0.2) is 23.0 Å². The molecule has 0 bridgehead atoms. The highest BCUT2D eigenvalue weighted by molar-refractivity contribution is 5.67. The van der Waals surface area contributed by atoms with Crippen molar-refractivity contribution in [3.05, 3.63) is 23.0 Å². The molecule has 29 heavy (non-hydrogen) atoms. The van der Waals surface area contributed by atoms with E-state index < -0.39 is 0 Å². The molecule has 0 radical (unpaired) electrons. The number of hydrogen-bond donors (Lipinski definition) is 0. The van der Waals surface area contributed by atoms with Crippen LogP contribution in [0.4, 0.5) is 0 Å². The van der Waals surface area contributed by atoms with Crippen molar-refractivity contribution >= 4 is 11.9 Å². The molecule has 0 aliphatic heterocycles. The van der Waals surface area contributed by atoms with Crippen LogP contribution in [0, 0.1) is 28.6 Å². The predicted octanol–water partition coefficient (Wildman–Crippen LogP) is 5.72. The molecule has 160 valence electrons. The van der Waals surface area contributed by atoms with E-state index in [1.165, 1.54) is 44.3 Å². The van der Waals surface area contributed by atoms with E-state index in [0.29, 0.717) is 17.8 Å². The van der Waals surface area contributed by atoms with Gasteiger partial charge in [-0.1, -0.05) is 25.5 Å². The van der Waals surface area contributed by atoms with E-state index in [2.05, 4.69) is 19.9 Å². The summed E-state index contributed by atoms with van der Waals surface area (Å²) in [6, 6.07) is 0. The molecule has 0 aromatic carbocycles. The van der Waals surface area contributed by atoms with Gasteiger partial charge in [0.25, 0.3) is 0 Å². The Balaban J connectivity index is 1.59. The first kappa shape index (κ1) is 20.7. The lowest BCUT2D eigenvalue weighted by Gasteiger charge is -2.57. The number of rotatable bonds is 2. The van der Waals surface area contributed by atoms with Crippen LogP contribution in [-0.2, 0) is 19.1 Å². The van der Waals surface area contributed by atoms with Gasteiger partial charge in [-0.15, -0.1) is 0 Å². The van der Waals surface area contributed by atoms with Crippen LogP contribution >= 0.6 is 0 Å². The third-order valence-electron chi connectivity index (χ3n) is 8.90. The molecular weight excluding hydrogens is 364 g/mol. The maximum Gasteiger partial charge on any atom is 0.307 e. The van der Waals surface area contributed by atoms with Crippen LogP contribution < -0.4 is 0 Å². The zero-order valence-corrected chi connectivity index (χ0v) is 18.7. The lowest BCUT2D eigenvalue weighted by molar-refractivity contribution is -0.148. The first-order chi connectivity index (χ1) is 13.6. The minimum Gasteiger partial charge on any atom is -0.462 e. The Kier molecular flexibility index (Phi) is 5.19. The summed E-state index contributed by atoms with van der Waals surface area (Å²) in [6.45, 7) is 9.88. The number of carbonyl (C=O) groups excluding carboxylic acids is 2. The molecule has 0 N–H and O–H groups in total. The Morgan fingerprint density at radius 2 is 1.66 bits per heavy atom. The molecule has 6 atom stereocenters. The minimum absolute atomic E-state index is 0.0598. The van der Waals surface area contributed by atoms with Gasteiger partial charge in [0.15, 0.2) is 0 Å². The summed E-state index contributed by atoms with van der Waals surface area (Å²) >= 11 is 0. The van der Waals surface area contributed by atoms with Crippen LogP contribution in [0.1, 0.15) is 86.0 Å². The van der Waals surface area contributed by atoms with Gasteiger partial charge in [0.1, 0.15) is 11.9 Å². The van der Waals surface area contributed by atoms with E-state index in [0.717, 1.165) is 37.9 Å². The van der Waals surface area contributed by atoms with Gasteiger partial charge in [-0.05, 0) is 86.0 Å². The molecule has 4 nitrogen and oxygen atoms in total. The Morgan fingerprint density at radius 3 is 2.34 bits per heavy atom. The molecule has 4 aliphatic carbocycles. The molecule has 0 amide bonds. The van der Waals surface area contributed by atoms with Gasteiger partial charge >= 0.3 is 11.9 Å². The fraction of sp³-hybridized carbons (Fsp3) is 0.760. The predicted molar refractivity (Wildman–Crippen MR) is 112 cm³/mol. The van der Waals surface area contributed by atoms with Crippen LogP contribution in [0.5, 0.6) is 0 Å². The summed E-state index contributed by atoms with van der Waals surface area (Å²) in [5, 5.41) is 0. The summed E-state index contributed by atoms with van der Waals surface area (Å²) in [4.78, 5) is 22.9. The second-order valence-corrected chi connectivity index (χ2v) is 10.4. The Morgan fingerprint density at radius 1 is 0.966 bits per heavy atom. The largest absolute Gasteiger partial charge is 0.462 e. The smallest absolute Gasteiger partial charge is 0.307 e. The molecule has 3 saturated carbocycles. The monoisotopic (exact) mass is 400 g/mol. The third-order valence-corrected chi connectivity index (χ3v) is 8.90. The fourth-order valence-corrected chi connectivity index (χ4v) is 7.63. The van der Waals surface area contributed by atoms with E-state index in [-0.39, 0.29) is 28.9 Å². The van der Waals surface area contributed by atoms with Gasteiger partial charge in [0, 0.05) is 20.3 Å². The molecular formula is C25H36O4. The quantitative estimate of drug-likeness (QED) is 0.338. The summed E-state index contributed by atoms with van der Waals surface area (Å²) in [5.74, 6) is 2.57. The van der Waals surface area contributed by atoms with E-state index >= 15 is 0 Å². The molecule has 0 aromatic rings. The first-order valence-electron chi connectivity index (χ1n) is 11.4. The highest BCUT2D eigenvalue weighted by Crippen LogP contribution is 2.66. The highest BCUT2D eigenvalue weighted by Gasteiger charge is 2.57. The number of ether oxygens (including phenoxy) is 2. The molecule has 0 unspecified atom stereocenters. The van der Waals surface area contributed by atoms with Gasteiger partial charge in [0.2, 0.25) is 0 Å². The van der Waals surface area contributed by atoms with E-state index in [9.17, 15) is 9.59 Å². The molecule has 0 aromatic heterocycles. The Hall–Kier alpha value is -1.58. The average Bonchev–Trinajstić information content (AvgIpc) is 2.98. The lowest BCUT2D eigenvalue weighted by atomic mass is 9.48. The van der Waals surface area contributed by atoms with Crippen LogP contribution in [0.2, 0.25) is 0 Å². The van der Waals surface area contributed by atoms with E-state index in [1.54, 1.807) is 0 Å².